The number of hydrogen-bond acceptors (Lipinski definition) is 3. The molecule has 0 unspecified atom stereocenters. The highest BCUT2D eigenvalue weighted by Gasteiger charge is 2.32. The SMILES string of the molecule is CCN(CCCO)CC1(CNC(C)C)CCCCCC1. The summed E-state index contributed by atoms with van der Waals surface area (Å²) >= 11 is 0. The van der Waals surface area contributed by atoms with Crippen molar-refractivity contribution in [3.63, 3.8) is 0 Å². The van der Waals surface area contributed by atoms with E-state index in [4.69, 9.17) is 5.11 Å². The van der Waals surface area contributed by atoms with Crippen LogP contribution < -0.4 is 5.32 Å². The number of rotatable bonds is 9. The second-order valence-electron chi connectivity index (χ2n) is 6.90. The first-order valence-electron chi connectivity index (χ1n) is 8.68. The summed E-state index contributed by atoms with van der Waals surface area (Å²) in [6.45, 7) is 11.5. The molecule has 1 fully saturated rings. The van der Waals surface area contributed by atoms with Crippen LogP contribution in [0.5, 0.6) is 0 Å². The van der Waals surface area contributed by atoms with Crippen LogP contribution in [0.4, 0.5) is 0 Å². The van der Waals surface area contributed by atoms with Gasteiger partial charge in [-0.05, 0) is 31.2 Å². The predicted molar refractivity (Wildman–Crippen MR) is 87.1 cm³/mol. The van der Waals surface area contributed by atoms with Crippen LogP contribution in [0.2, 0.25) is 0 Å². The third kappa shape index (κ3) is 6.55. The molecule has 1 rings (SSSR count). The van der Waals surface area contributed by atoms with Crippen molar-refractivity contribution in [1.29, 1.82) is 0 Å². The average Bonchev–Trinajstić information content (AvgIpc) is 2.67. The van der Waals surface area contributed by atoms with Gasteiger partial charge in [0.25, 0.3) is 0 Å². The quantitative estimate of drug-likeness (QED) is 0.639. The fourth-order valence-electron chi connectivity index (χ4n) is 3.41. The van der Waals surface area contributed by atoms with Crippen molar-refractivity contribution >= 4 is 0 Å². The molecule has 2 N–H and O–H groups in total. The van der Waals surface area contributed by atoms with Crippen LogP contribution in [-0.4, -0.2) is 48.8 Å². The number of nitrogens with one attached hydrogen (secondary N) is 1. The van der Waals surface area contributed by atoms with Gasteiger partial charge in [-0.15, -0.1) is 0 Å². The second kappa shape index (κ2) is 9.75. The molecule has 0 amide bonds. The lowest BCUT2D eigenvalue weighted by Gasteiger charge is -2.38. The first-order valence-corrected chi connectivity index (χ1v) is 8.68. The van der Waals surface area contributed by atoms with Gasteiger partial charge in [0, 0.05) is 32.3 Å². The molecule has 1 saturated carbocycles. The number of aliphatic hydroxyl groups excluding tert-OH is 1. The zero-order chi connectivity index (χ0) is 14.8. The lowest BCUT2D eigenvalue weighted by Crippen LogP contribution is -2.46. The third-order valence-electron chi connectivity index (χ3n) is 4.69. The van der Waals surface area contributed by atoms with Gasteiger partial charge in [0.2, 0.25) is 0 Å². The van der Waals surface area contributed by atoms with Crippen LogP contribution in [-0.2, 0) is 0 Å². The Labute approximate surface area is 126 Å². The topological polar surface area (TPSA) is 35.5 Å². The maximum absolute atomic E-state index is 9.06. The van der Waals surface area contributed by atoms with Gasteiger partial charge in [0.1, 0.15) is 0 Å². The summed E-state index contributed by atoms with van der Waals surface area (Å²) in [7, 11) is 0. The lowest BCUT2D eigenvalue weighted by molar-refractivity contribution is 0.121. The van der Waals surface area contributed by atoms with Crippen LogP contribution in [0.3, 0.4) is 0 Å². The van der Waals surface area contributed by atoms with Gasteiger partial charge < -0.3 is 15.3 Å². The van der Waals surface area contributed by atoms with Gasteiger partial charge in [0.05, 0.1) is 0 Å². The van der Waals surface area contributed by atoms with Crippen molar-refractivity contribution in [1.82, 2.24) is 10.2 Å². The fraction of sp³-hybridized carbons (Fsp3) is 1.00. The Morgan fingerprint density at radius 3 is 2.30 bits per heavy atom. The van der Waals surface area contributed by atoms with E-state index in [0.29, 0.717) is 18.1 Å². The molecule has 0 atom stereocenters. The summed E-state index contributed by atoms with van der Waals surface area (Å²) in [6, 6.07) is 0.572. The number of nitrogens with zero attached hydrogens (tertiary/aromatic N) is 1. The van der Waals surface area contributed by atoms with E-state index in [-0.39, 0.29) is 0 Å². The normalized spacial score (nSPS) is 19.5. The Balaban J connectivity index is 2.63. The van der Waals surface area contributed by atoms with Crippen LogP contribution in [0, 0.1) is 5.41 Å². The van der Waals surface area contributed by atoms with E-state index in [1.165, 1.54) is 45.1 Å². The van der Waals surface area contributed by atoms with E-state index < -0.39 is 0 Å². The molecule has 3 nitrogen and oxygen atoms in total. The molecule has 0 heterocycles. The third-order valence-corrected chi connectivity index (χ3v) is 4.69. The Morgan fingerprint density at radius 2 is 1.80 bits per heavy atom. The summed E-state index contributed by atoms with van der Waals surface area (Å²) in [6.07, 6.45) is 9.22. The molecule has 120 valence electrons. The molecule has 0 aromatic heterocycles. The van der Waals surface area contributed by atoms with E-state index in [9.17, 15) is 0 Å². The lowest BCUT2D eigenvalue weighted by atomic mass is 9.79. The standard InChI is InChI=1S/C17H36N2O/c1-4-19(12-9-13-20)15-17(14-18-16(2)3)10-7-5-6-8-11-17/h16,18,20H,4-15H2,1-3H3. The van der Waals surface area contributed by atoms with Crippen molar-refractivity contribution < 1.29 is 5.11 Å². The molecule has 1 aliphatic carbocycles. The predicted octanol–water partition coefficient (Wildman–Crippen LogP) is 3.03. The first kappa shape index (κ1) is 17.9. The van der Waals surface area contributed by atoms with Crippen molar-refractivity contribution in [3.8, 4) is 0 Å². The van der Waals surface area contributed by atoms with Gasteiger partial charge in [0.15, 0.2) is 0 Å². The first-order chi connectivity index (χ1) is 9.62. The molecule has 0 saturated heterocycles. The summed E-state index contributed by atoms with van der Waals surface area (Å²) in [5, 5.41) is 12.8. The maximum atomic E-state index is 9.06. The number of hydrogen-bond donors (Lipinski definition) is 2. The minimum atomic E-state index is 0.313. The highest BCUT2D eigenvalue weighted by Crippen LogP contribution is 2.35. The minimum absolute atomic E-state index is 0.313. The van der Waals surface area contributed by atoms with E-state index in [0.717, 1.165) is 26.1 Å². The maximum Gasteiger partial charge on any atom is 0.0443 e. The van der Waals surface area contributed by atoms with Gasteiger partial charge in [-0.3, -0.25) is 0 Å². The highest BCUT2D eigenvalue weighted by molar-refractivity contribution is 4.87. The Morgan fingerprint density at radius 1 is 1.15 bits per heavy atom. The molecule has 0 aromatic carbocycles. The summed E-state index contributed by atoms with van der Waals surface area (Å²) in [5.41, 5.74) is 0.451. The van der Waals surface area contributed by atoms with Gasteiger partial charge in [-0.1, -0.05) is 46.5 Å². The van der Waals surface area contributed by atoms with Crippen LogP contribution in [0.15, 0.2) is 0 Å². The van der Waals surface area contributed by atoms with Gasteiger partial charge in [-0.25, -0.2) is 0 Å². The number of aliphatic hydroxyl groups is 1. The second-order valence-corrected chi connectivity index (χ2v) is 6.90. The summed E-state index contributed by atoms with van der Waals surface area (Å²) in [4.78, 5) is 2.55. The minimum Gasteiger partial charge on any atom is -0.396 e. The molecular formula is C17H36N2O. The van der Waals surface area contributed by atoms with Gasteiger partial charge >= 0.3 is 0 Å². The zero-order valence-corrected chi connectivity index (χ0v) is 14.0. The molecule has 0 bridgehead atoms. The molecule has 1 aliphatic rings. The Hall–Kier alpha value is -0.120. The van der Waals surface area contributed by atoms with Crippen molar-refractivity contribution in [3.05, 3.63) is 0 Å². The molecule has 0 radical (unpaired) electrons. The summed E-state index contributed by atoms with van der Waals surface area (Å²) < 4.78 is 0. The van der Waals surface area contributed by atoms with E-state index in [2.05, 4.69) is 31.0 Å². The summed E-state index contributed by atoms with van der Waals surface area (Å²) in [5.74, 6) is 0. The van der Waals surface area contributed by atoms with E-state index >= 15 is 0 Å². The van der Waals surface area contributed by atoms with Crippen molar-refractivity contribution in [2.24, 2.45) is 5.41 Å². The Kier molecular flexibility index (Phi) is 8.74. The average molecular weight is 284 g/mol. The molecule has 3 heteroatoms. The van der Waals surface area contributed by atoms with Crippen LogP contribution >= 0.6 is 0 Å². The van der Waals surface area contributed by atoms with Gasteiger partial charge in [-0.2, -0.15) is 0 Å². The van der Waals surface area contributed by atoms with Crippen molar-refractivity contribution in [2.75, 3.05) is 32.8 Å². The van der Waals surface area contributed by atoms with Crippen molar-refractivity contribution in [2.45, 2.75) is 71.8 Å². The molecule has 0 aliphatic heterocycles. The molecule has 20 heavy (non-hydrogen) atoms. The fourth-order valence-corrected chi connectivity index (χ4v) is 3.41. The smallest absolute Gasteiger partial charge is 0.0443 e. The van der Waals surface area contributed by atoms with E-state index in [1.54, 1.807) is 0 Å². The largest absolute Gasteiger partial charge is 0.396 e. The Bertz CT molecular complexity index is 235. The highest BCUT2D eigenvalue weighted by atomic mass is 16.3. The van der Waals surface area contributed by atoms with Crippen LogP contribution in [0.1, 0.15) is 65.7 Å². The van der Waals surface area contributed by atoms with Crippen LogP contribution in [0.25, 0.3) is 0 Å². The molecule has 0 aromatic rings. The zero-order valence-electron chi connectivity index (χ0n) is 14.0. The monoisotopic (exact) mass is 284 g/mol. The van der Waals surface area contributed by atoms with E-state index in [1.807, 2.05) is 0 Å². The molecule has 0 spiro atoms. The molecular weight excluding hydrogens is 248 g/mol.